The van der Waals surface area contributed by atoms with E-state index < -0.39 is 33.9 Å². The van der Waals surface area contributed by atoms with Gasteiger partial charge in [0.15, 0.2) is 0 Å². The lowest BCUT2D eigenvalue weighted by atomic mass is 10.0. The fourth-order valence-corrected chi connectivity index (χ4v) is 1.96. The number of carbonyl (C=O) groups is 1. The highest BCUT2D eigenvalue weighted by molar-refractivity contribution is 7.86. The lowest BCUT2D eigenvalue weighted by molar-refractivity contribution is -0.144. The SMILES string of the molecule is CCN(C=CCCC(C#N)CC(=O)OCC(C)S(=O)(=O)O)CC. The summed E-state index contributed by atoms with van der Waals surface area (Å²) in [6, 6.07) is 2.05. The number of esters is 1. The van der Waals surface area contributed by atoms with Gasteiger partial charge in [0.05, 0.1) is 18.4 Å². The summed E-state index contributed by atoms with van der Waals surface area (Å²) in [6.45, 7) is 6.74. The van der Waals surface area contributed by atoms with Gasteiger partial charge in [0, 0.05) is 13.1 Å². The van der Waals surface area contributed by atoms with Crippen molar-refractivity contribution in [3.8, 4) is 6.07 Å². The fourth-order valence-electron chi connectivity index (χ4n) is 1.72. The Morgan fingerprint density at radius 3 is 2.48 bits per heavy atom. The van der Waals surface area contributed by atoms with Gasteiger partial charge in [-0.05, 0) is 39.8 Å². The molecule has 0 aliphatic heterocycles. The molecule has 0 heterocycles. The highest BCUT2D eigenvalue weighted by atomic mass is 32.2. The molecule has 23 heavy (non-hydrogen) atoms. The molecule has 8 heteroatoms. The van der Waals surface area contributed by atoms with Gasteiger partial charge in [0.25, 0.3) is 10.1 Å². The van der Waals surface area contributed by atoms with Gasteiger partial charge in [0.1, 0.15) is 11.9 Å². The predicted molar refractivity (Wildman–Crippen MR) is 87.0 cm³/mol. The van der Waals surface area contributed by atoms with E-state index in [1.165, 1.54) is 6.92 Å². The Morgan fingerprint density at radius 2 is 2.00 bits per heavy atom. The molecule has 132 valence electrons. The molecule has 1 N–H and O–H groups in total. The minimum Gasteiger partial charge on any atom is -0.464 e. The van der Waals surface area contributed by atoms with Gasteiger partial charge in [-0.15, -0.1) is 0 Å². The molecule has 0 aromatic carbocycles. The number of ether oxygens (including phenoxy) is 1. The van der Waals surface area contributed by atoms with E-state index in [9.17, 15) is 13.2 Å². The Hall–Kier alpha value is -1.59. The lowest BCUT2D eigenvalue weighted by Gasteiger charge is -2.14. The normalized spacial score (nSPS) is 14.2. The number of hydrogen-bond donors (Lipinski definition) is 1. The molecule has 2 unspecified atom stereocenters. The molecule has 0 aliphatic rings. The summed E-state index contributed by atoms with van der Waals surface area (Å²) >= 11 is 0. The molecule has 0 spiro atoms. The molecule has 0 aromatic rings. The average Bonchev–Trinajstić information content (AvgIpc) is 2.50. The van der Waals surface area contributed by atoms with E-state index in [4.69, 9.17) is 14.6 Å². The summed E-state index contributed by atoms with van der Waals surface area (Å²) in [5.41, 5.74) is 0. The molecule has 0 aliphatic carbocycles. The number of nitrogens with zero attached hydrogens (tertiary/aromatic N) is 2. The van der Waals surface area contributed by atoms with Crippen LogP contribution >= 0.6 is 0 Å². The Kier molecular flexibility index (Phi) is 10.3. The molecule has 0 amide bonds. The van der Waals surface area contributed by atoms with Crippen LogP contribution in [-0.4, -0.2) is 48.8 Å². The van der Waals surface area contributed by atoms with E-state index >= 15 is 0 Å². The third kappa shape index (κ3) is 9.92. The second-order valence-corrected chi connectivity index (χ2v) is 7.06. The van der Waals surface area contributed by atoms with E-state index in [2.05, 4.69) is 24.8 Å². The van der Waals surface area contributed by atoms with Crippen LogP contribution in [0.2, 0.25) is 0 Å². The van der Waals surface area contributed by atoms with E-state index in [1.807, 2.05) is 12.3 Å². The maximum absolute atomic E-state index is 11.6. The van der Waals surface area contributed by atoms with Crippen molar-refractivity contribution in [2.75, 3.05) is 19.7 Å². The first-order valence-corrected chi connectivity index (χ1v) is 9.17. The molecule has 0 bridgehead atoms. The Balaban J connectivity index is 4.19. The van der Waals surface area contributed by atoms with Crippen molar-refractivity contribution in [1.82, 2.24) is 4.90 Å². The third-order valence-electron chi connectivity index (χ3n) is 3.39. The standard InChI is InChI=1S/C15H26N2O5S/c1-4-17(5-2)9-7-6-8-14(11-16)10-15(18)22-12-13(3)23(19,20)21/h7,9,13-14H,4-6,8,10,12H2,1-3H3,(H,19,20,21). The number of allylic oxidation sites excluding steroid dienone is 1. The average molecular weight is 346 g/mol. The Bertz CT molecular complexity index is 520. The summed E-state index contributed by atoms with van der Waals surface area (Å²) in [5.74, 6) is -1.12. The van der Waals surface area contributed by atoms with E-state index in [1.54, 1.807) is 0 Å². The number of nitriles is 1. The van der Waals surface area contributed by atoms with Crippen molar-refractivity contribution in [3.63, 3.8) is 0 Å². The van der Waals surface area contributed by atoms with Crippen LogP contribution < -0.4 is 0 Å². The largest absolute Gasteiger partial charge is 0.464 e. The molecule has 0 saturated carbocycles. The minimum atomic E-state index is -4.22. The van der Waals surface area contributed by atoms with Gasteiger partial charge in [-0.25, -0.2) is 0 Å². The molecule has 0 fully saturated rings. The van der Waals surface area contributed by atoms with Crippen molar-refractivity contribution in [3.05, 3.63) is 12.3 Å². The zero-order chi connectivity index (χ0) is 17.9. The lowest BCUT2D eigenvalue weighted by Crippen LogP contribution is -2.25. The van der Waals surface area contributed by atoms with E-state index in [0.29, 0.717) is 12.8 Å². The first-order chi connectivity index (χ1) is 10.7. The second-order valence-electron chi connectivity index (χ2n) is 5.22. The first-order valence-electron chi connectivity index (χ1n) is 7.66. The molecular formula is C15H26N2O5S. The fraction of sp³-hybridized carbons (Fsp3) is 0.733. The van der Waals surface area contributed by atoms with Gasteiger partial charge in [0.2, 0.25) is 0 Å². The quantitative estimate of drug-likeness (QED) is 0.450. The maximum Gasteiger partial charge on any atom is 0.307 e. The van der Waals surface area contributed by atoms with Crippen LogP contribution in [0.15, 0.2) is 12.3 Å². The summed E-state index contributed by atoms with van der Waals surface area (Å²) in [6.07, 6.45) is 5.04. The molecule has 0 aromatic heterocycles. The Labute approximate surface area is 138 Å². The van der Waals surface area contributed by atoms with Gasteiger partial charge in [-0.2, -0.15) is 13.7 Å². The molecule has 7 nitrogen and oxygen atoms in total. The number of rotatable bonds is 11. The van der Waals surface area contributed by atoms with Gasteiger partial charge < -0.3 is 9.64 Å². The van der Waals surface area contributed by atoms with E-state index in [-0.39, 0.29) is 6.42 Å². The van der Waals surface area contributed by atoms with Crippen molar-refractivity contribution in [1.29, 1.82) is 5.26 Å². The van der Waals surface area contributed by atoms with Gasteiger partial charge >= 0.3 is 5.97 Å². The molecule has 2 atom stereocenters. The smallest absolute Gasteiger partial charge is 0.307 e. The van der Waals surface area contributed by atoms with Gasteiger partial charge in [-0.3, -0.25) is 9.35 Å². The third-order valence-corrected chi connectivity index (χ3v) is 4.55. The van der Waals surface area contributed by atoms with Crippen molar-refractivity contribution in [2.24, 2.45) is 5.92 Å². The van der Waals surface area contributed by atoms with Crippen LogP contribution in [0.4, 0.5) is 0 Å². The Morgan fingerprint density at radius 1 is 1.39 bits per heavy atom. The number of carbonyl (C=O) groups excluding carboxylic acids is 1. The summed E-state index contributed by atoms with van der Waals surface area (Å²) in [7, 11) is -4.22. The summed E-state index contributed by atoms with van der Waals surface area (Å²) in [4.78, 5) is 13.7. The minimum absolute atomic E-state index is 0.0895. The molecule has 0 radical (unpaired) electrons. The van der Waals surface area contributed by atoms with Gasteiger partial charge in [-0.1, -0.05) is 6.08 Å². The van der Waals surface area contributed by atoms with Crippen LogP contribution in [0.1, 0.15) is 40.0 Å². The van der Waals surface area contributed by atoms with Crippen molar-refractivity contribution < 1.29 is 22.5 Å². The molecule has 0 saturated heterocycles. The highest BCUT2D eigenvalue weighted by Gasteiger charge is 2.20. The first kappa shape index (κ1) is 21.4. The predicted octanol–water partition coefficient (Wildman–Crippen LogP) is 1.97. The maximum atomic E-state index is 11.6. The van der Waals surface area contributed by atoms with Crippen LogP contribution in [-0.2, 0) is 19.6 Å². The summed E-state index contributed by atoms with van der Waals surface area (Å²) < 4.78 is 35.2. The topological polar surface area (TPSA) is 108 Å². The van der Waals surface area contributed by atoms with E-state index in [0.717, 1.165) is 13.1 Å². The van der Waals surface area contributed by atoms with Crippen molar-refractivity contribution >= 4 is 16.1 Å². The number of hydrogen-bond acceptors (Lipinski definition) is 6. The zero-order valence-electron chi connectivity index (χ0n) is 13.9. The summed E-state index contributed by atoms with van der Waals surface area (Å²) in [5, 5.41) is 7.88. The van der Waals surface area contributed by atoms with Crippen molar-refractivity contribution in [2.45, 2.75) is 45.3 Å². The van der Waals surface area contributed by atoms with Crippen LogP contribution in [0.25, 0.3) is 0 Å². The monoisotopic (exact) mass is 346 g/mol. The van der Waals surface area contributed by atoms with Crippen LogP contribution in [0.5, 0.6) is 0 Å². The second kappa shape index (κ2) is 11.0. The van der Waals surface area contributed by atoms with Crippen LogP contribution in [0, 0.1) is 17.2 Å². The zero-order valence-corrected chi connectivity index (χ0v) is 14.8. The molecule has 0 rings (SSSR count). The highest BCUT2D eigenvalue weighted by Crippen LogP contribution is 2.12. The van der Waals surface area contributed by atoms with Crippen LogP contribution in [0.3, 0.4) is 0 Å². The molecular weight excluding hydrogens is 320 g/mol.